The maximum absolute atomic E-state index is 12.8. The van der Waals surface area contributed by atoms with Gasteiger partial charge in [0.15, 0.2) is 0 Å². The first-order valence-electron chi connectivity index (χ1n) is 5.21. The van der Waals surface area contributed by atoms with Crippen molar-refractivity contribution < 1.29 is 4.39 Å². The van der Waals surface area contributed by atoms with E-state index in [0.717, 1.165) is 5.52 Å². The zero-order valence-electron chi connectivity index (χ0n) is 8.85. The number of hydrogen-bond acceptors (Lipinski definition) is 1. The summed E-state index contributed by atoms with van der Waals surface area (Å²) < 4.78 is 14.2. The molecule has 0 unspecified atom stereocenters. The predicted molar refractivity (Wildman–Crippen MR) is 63.9 cm³/mol. The second-order valence-corrected chi connectivity index (χ2v) is 3.77. The smallest absolute Gasteiger partial charge is 0.279 e. The van der Waals surface area contributed by atoms with Gasteiger partial charge >= 0.3 is 0 Å². The van der Waals surface area contributed by atoms with Crippen LogP contribution in [0.1, 0.15) is 0 Å². The molecule has 17 heavy (non-hydrogen) atoms. The maximum Gasteiger partial charge on any atom is 0.279 e. The van der Waals surface area contributed by atoms with Crippen LogP contribution in [-0.4, -0.2) is 9.78 Å². The molecule has 0 saturated heterocycles. The van der Waals surface area contributed by atoms with E-state index in [1.54, 1.807) is 18.2 Å². The Morgan fingerprint density at radius 3 is 2.41 bits per heavy atom. The van der Waals surface area contributed by atoms with E-state index in [-0.39, 0.29) is 11.4 Å². The average molecular weight is 228 g/mol. The maximum atomic E-state index is 12.8. The quantitative estimate of drug-likeness (QED) is 0.682. The molecule has 1 N–H and O–H groups in total. The third-order valence-electron chi connectivity index (χ3n) is 2.68. The molecule has 0 aliphatic carbocycles. The SMILES string of the molecule is O=c1c2ccccc2[nH]n1-c1ccc(F)cc1. The summed E-state index contributed by atoms with van der Waals surface area (Å²) in [6.07, 6.45) is 0. The number of nitrogens with zero attached hydrogens (tertiary/aromatic N) is 1. The Kier molecular flexibility index (Phi) is 2.08. The molecule has 0 aliphatic rings. The van der Waals surface area contributed by atoms with Crippen LogP contribution in [0.4, 0.5) is 4.39 Å². The predicted octanol–water partition coefficient (Wildman–Crippen LogP) is 2.46. The summed E-state index contributed by atoms with van der Waals surface area (Å²) in [4.78, 5) is 12.1. The lowest BCUT2D eigenvalue weighted by Gasteiger charge is -1.99. The fourth-order valence-electron chi connectivity index (χ4n) is 1.83. The van der Waals surface area contributed by atoms with Gasteiger partial charge in [0, 0.05) is 0 Å². The first-order valence-corrected chi connectivity index (χ1v) is 5.21. The lowest BCUT2D eigenvalue weighted by molar-refractivity contribution is 0.627. The molecule has 1 aromatic heterocycles. The molecule has 0 atom stereocenters. The van der Waals surface area contributed by atoms with Crippen LogP contribution < -0.4 is 5.56 Å². The largest absolute Gasteiger partial charge is 0.290 e. The highest BCUT2D eigenvalue weighted by atomic mass is 19.1. The molecule has 4 heteroatoms. The molecule has 0 bridgehead atoms. The Morgan fingerprint density at radius 2 is 1.71 bits per heavy atom. The van der Waals surface area contributed by atoms with Crippen LogP contribution in [0.2, 0.25) is 0 Å². The summed E-state index contributed by atoms with van der Waals surface area (Å²) in [7, 11) is 0. The molecule has 0 aliphatic heterocycles. The fourth-order valence-corrected chi connectivity index (χ4v) is 1.83. The van der Waals surface area contributed by atoms with Crippen molar-refractivity contribution in [1.29, 1.82) is 0 Å². The lowest BCUT2D eigenvalue weighted by atomic mass is 10.2. The van der Waals surface area contributed by atoms with Gasteiger partial charge in [-0.15, -0.1) is 0 Å². The van der Waals surface area contributed by atoms with E-state index in [2.05, 4.69) is 5.10 Å². The number of hydrogen-bond donors (Lipinski definition) is 1. The van der Waals surface area contributed by atoms with Crippen molar-refractivity contribution in [2.24, 2.45) is 0 Å². The van der Waals surface area contributed by atoms with E-state index in [1.807, 2.05) is 18.2 Å². The molecule has 3 rings (SSSR count). The summed E-state index contributed by atoms with van der Waals surface area (Å²) in [5.41, 5.74) is 1.25. The Bertz CT molecular complexity index is 725. The molecule has 0 amide bonds. The Hall–Kier alpha value is -2.36. The molecule has 1 heterocycles. The van der Waals surface area contributed by atoms with Gasteiger partial charge in [0.05, 0.1) is 16.6 Å². The van der Waals surface area contributed by atoms with Crippen molar-refractivity contribution in [2.75, 3.05) is 0 Å². The van der Waals surface area contributed by atoms with E-state index < -0.39 is 0 Å². The third-order valence-corrected chi connectivity index (χ3v) is 2.68. The highest BCUT2D eigenvalue weighted by molar-refractivity contribution is 5.78. The number of benzene rings is 2. The van der Waals surface area contributed by atoms with Crippen LogP contribution in [0.25, 0.3) is 16.6 Å². The molecular weight excluding hydrogens is 219 g/mol. The van der Waals surface area contributed by atoms with E-state index >= 15 is 0 Å². The van der Waals surface area contributed by atoms with Crippen molar-refractivity contribution in [3.8, 4) is 5.69 Å². The number of halogens is 1. The highest BCUT2D eigenvalue weighted by Gasteiger charge is 2.06. The molecule has 84 valence electrons. The normalized spacial score (nSPS) is 10.9. The van der Waals surface area contributed by atoms with Gasteiger partial charge in [-0.1, -0.05) is 12.1 Å². The lowest BCUT2D eigenvalue weighted by Crippen LogP contribution is -2.13. The zero-order valence-corrected chi connectivity index (χ0v) is 8.85. The van der Waals surface area contributed by atoms with Gasteiger partial charge in [0.2, 0.25) is 0 Å². The zero-order chi connectivity index (χ0) is 11.8. The Balaban J connectivity index is 2.27. The molecular formula is C13H9FN2O. The van der Waals surface area contributed by atoms with Gasteiger partial charge in [-0.05, 0) is 36.4 Å². The van der Waals surface area contributed by atoms with E-state index in [4.69, 9.17) is 0 Å². The topological polar surface area (TPSA) is 37.8 Å². The molecule has 2 aromatic carbocycles. The minimum atomic E-state index is -0.321. The highest BCUT2D eigenvalue weighted by Crippen LogP contribution is 2.11. The molecule has 0 saturated carbocycles. The summed E-state index contributed by atoms with van der Waals surface area (Å²) in [6, 6.07) is 13.0. The van der Waals surface area contributed by atoms with Crippen LogP contribution in [0.3, 0.4) is 0 Å². The van der Waals surface area contributed by atoms with Crippen LogP contribution in [0.5, 0.6) is 0 Å². The van der Waals surface area contributed by atoms with Crippen LogP contribution in [0, 0.1) is 5.82 Å². The number of aromatic amines is 1. The number of fused-ring (bicyclic) bond motifs is 1. The number of aromatic nitrogens is 2. The third kappa shape index (κ3) is 1.54. The molecule has 0 fully saturated rings. The van der Waals surface area contributed by atoms with E-state index in [1.165, 1.54) is 16.8 Å². The van der Waals surface area contributed by atoms with Gasteiger partial charge in [-0.25, -0.2) is 9.07 Å². The second-order valence-electron chi connectivity index (χ2n) is 3.77. The Labute approximate surface area is 96.1 Å². The van der Waals surface area contributed by atoms with E-state index in [9.17, 15) is 9.18 Å². The Morgan fingerprint density at radius 1 is 1.00 bits per heavy atom. The van der Waals surface area contributed by atoms with Crippen LogP contribution >= 0.6 is 0 Å². The molecule has 0 spiro atoms. The van der Waals surface area contributed by atoms with Crippen molar-refractivity contribution in [3.63, 3.8) is 0 Å². The van der Waals surface area contributed by atoms with Crippen molar-refractivity contribution in [2.45, 2.75) is 0 Å². The monoisotopic (exact) mass is 228 g/mol. The minimum absolute atomic E-state index is 0.132. The van der Waals surface area contributed by atoms with Gasteiger partial charge in [-0.2, -0.15) is 0 Å². The minimum Gasteiger partial charge on any atom is -0.290 e. The molecule has 3 nitrogen and oxygen atoms in total. The summed E-state index contributed by atoms with van der Waals surface area (Å²) in [6.45, 7) is 0. The average Bonchev–Trinajstić information content (AvgIpc) is 2.69. The molecule has 0 radical (unpaired) electrons. The first kappa shape index (κ1) is 9.84. The summed E-state index contributed by atoms with van der Waals surface area (Å²) >= 11 is 0. The van der Waals surface area contributed by atoms with E-state index in [0.29, 0.717) is 11.1 Å². The second kappa shape index (κ2) is 3.59. The van der Waals surface area contributed by atoms with Gasteiger partial charge in [0.1, 0.15) is 5.82 Å². The number of H-pyrrole nitrogens is 1. The number of para-hydroxylation sites is 1. The van der Waals surface area contributed by atoms with Gasteiger partial charge in [0.25, 0.3) is 5.56 Å². The van der Waals surface area contributed by atoms with Crippen molar-refractivity contribution in [1.82, 2.24) is 9.78 Å². The fraction of sp³-hybridized carbons (Fsp3) is 0. The van der Waals surface area contributed by atoms with Crippen molar-refractivity contribution in [3.05, 3.63) is 64.7 Å². The van der Waals surface area contributed by atoms with Crippen molar-refractivity contribution >= 4 is 10.9 Å². The van der Waals surface area contributed by atoms with Gasteiger partial charge < -0.3 is 0 Å². The number of rotatable bonds is 1. The summed E-state index contributed by atoms with van der Waals surface area (Å²) in [5, 5.41) is 3.60. The first-order chi connectivity index (χ1) is 8.25. The van der Waals surface area contributed by atoms with Crippen LogP contribution in [0.15, 0.2) is 53.3 Å². The standard InChI is InChI=1S/C13H9FN2O/c14-9-5-7-10(8-6-9)16-13(17)11-3-1-2-4-12(11)15-16/h1-8,15H. The van der Waals surface area contributed by atoms with Crippen LogP contribution in [-0.2, 0) is 0 Å². The number of nitrogens with one attached hydrogen (secondary N) is 1. The molecule has 3 aromatic rings. The van der Waals surface area contributed by atoms with Gasteiger partial charge in [-0.3, -0.25) is 9.89 Å². The summed E-state index contributed by atoms with van der Waals surface area (Å²) in [5.74, 6) is -0.321.